The molecule has 0 bridgehead atoms. The molecule has 0 aliphatic rings. The molecule has 0 aliphatic heterocycles. The molecule has 0 spiro atoms. The van der Waals surface area contributed by atoms with Crippen LogP contribution < -0.4 is 10.1 Å². The van der Waals surface area contributed by atoms with Crippen molar-refractivity contribution in [2.45, 2.75) is 6.42 Å². The smallest absolute Gasteiger partial charge is 0.341 e. The number of anilines is 1. The highest BCUT2D eigenvalue weighted by Crippen LogP contribution is 2.15. The first-order chi connectivity index (χ1) is 10.6. The minimum atomic E-state index is -1.02. The number of benzene rings is 1. The van der Waals surface area contributed by atoms with Crippen LogP contribution in [0.2, 0.25) is 0 Å². The van der Waals surface area contributed by atoms with Gasteiger partial charge in [-0.15, -0.1) is 0 Å². The standard InChI is InChI=1S/C16H16N2O4/c19-15(12-2-1-8-17-10-12)7-9-18-13-3-5-14(6-4-13)22-11-16(20)21/h1-6,8,10,18H,7,9,11H2,(H,20,21). The molecule has 1 aromatic carbocycles. The molecule has 0 saturated heterocycles. The number of carbonyl (C=O) groups excluding carboxylic acids is 1. The summed E-state index contributed by atoms with van der Waals surface area (Å²) in [4.78, 5) is 26.2. The summed E-state index contributed by atoms with van der Waals surface area (Å²) in [5.41, 5.74) is 1.43. The molecule has 6 nitrogen and oxygen atoms in total. The molecule has 1 aromatic heterocycles. The van der Waals surface area contributed by atoms with Gasteiger partial charge in [0.25, 0.3) is 0 Å². The fourth-order valence-corrected chi connectivity index (χ4v) is 1.81. The third-order valence-corrected chi connectivity index (χ3v) is 2.88. The highest BCUT2D eigenvalue weighted by molar-refractivity contribution is 5.95. The van der Waals surface area contributed by atoms with E-state index in [1.165, 1.54) is 0 Å². The second kappa shape index (κ2) is 7.78. The zero-order chi connectivity index (χ0) is 15.8. The molecule has 0 saturated carbocycles. The molecule has 0 radical (unpaired) electrons. The predicted molar refractivity (Wildman–Crippen MR) is 81.2 cm³/mol. The second-order valence-electron chi connectivity index (χ2n) is 4.55. The lowest BCUT2D eigenvalue weighted by Gasteiger charge is -2.07. The first kappa shape index (κ1) is 15.5. The van der Waals surface area contributed by atoms with Crippen molar-refractivity contribution in [3.63, 3.8) is 0 Å². The Balaban J connectivity index is 1.77. The van der Waals surface area contributed by atoms with E-state index in [0.717, 1.165) is 5.69 Å². The number of hydrogen-bond acceptors (Lipinski definition) is 5. The Hall–Kier alpha value is -2.89. The number of nitrogens with zero attached hydrogens (tertiary/aromatic N) is 1. The maximum atomic E-state index is 11.9. The number of carboxylic acids is 1. The van der Waals surface area contributed by atoms with Crippen molar-refractivity contribution in [3.05, 3.63) is 54.4 Å². The van der Waals surface area contributed by atoms with E-state index >= 15 is 0 Å². The zero-order valence-corrected chi connectivity index (χ0v) is 11.9. The molecule has 2 rings (SSSR count). The second-order valence-corrected chi connectivity index (χ2v) is 4.55. The fourth-order valence-electron chi connectivity index (χ4n) is 1.81. The van der Waals surface area contributed by atoms with E-state index in [1.54, 1.807) is 48.8 Å². The first-order valence-electron chi connectivity index (χ1n) is 6.77. The van der Waals surface area contributed by atoms with Gasteiger partial charge >= 0.3 is 5.97 Å². The predicted octanol–water partition coefficient (Wildman–Crippen LogP) is 2.23. The summed E-state index contributed by atoms with van der Waals surface area (Å²) in [5.74, 6) is -0.502. The number of nitrogens with one attached hydrogen (secondary N) is 1. The van der Waals surface area contributed by atoms with Crippen LogP contribution in [-0.4, -0.2) is 35.0 Å². The molecule has 6 heteroatoms. The molecule has 0 unspecified atom stereocenters. The van der Waals surface area contributed by atoms with Gasteiger partial charge in [0.2, 0.25) is 0 Å². The number of pyridine rings is 1. The lowest BCUT2D eigenvalue weighted by molar-refractivity contribution is -0.139. The van der Waals surface area contributed by atoms with E-state index in [1.807, 2.05) is 0 Å². The Bertz CT molecular complexity index is 626. The van der Waals surface area contributed by atoms with Gasteiger partial charge in [-0.25, -0.2) is 4.79 Å². The van der Waals surface area contributed by atoms with Crippen molar-refractivity contribution >= 4 is 17.4 Å². The van der Waals surface area contributed by atoms with Gasteiger partial charge in [0.15, 0.2) is 12.4 Å². The van der Waals surface area contributed by atoms with Crippen LogP contribution in [0.3, 0.4) is 0 Å². The summed E-state index contributed by atoms with van der Waals surface area (Å²) in [6, 6.07) is 10.4. The normalized spacial score (nSPS) is 10.0. The van der Waals surface area contributed by atoms with E-state index < -0.39 is 5.97 Å². The highest BCUT2D eigenvalue weighted by Gasteiger charge is 2.05. The Morgan fingerprint density at radius 2 is 1.95 bits per heavy atom. The quantitative estimate of drug-likeness (QED) is 0.727. The number of aromatic nitrogens is 1. The number of aliphatic carboxylic acids is 1. The van der Waals surface area contributed by atoms with Crippen molar-refractivity contribution in [2.75, 3.05) is 18.5 Å². The van der Waals surface area contributed by atoms with Gasteiger partial charge in [-0.3, -0.25) is 9.78 Å². The first-order valence-corrected chi connectivity index (χ1v) is 6.77. The Morgan fingerprint density at radius 3 is 2.59 bits per heavy atom. The van der Waals surface area contributed by atoms with E-state index in [4.69, 9.17) is 9.84 Å². The molecular weight excluding hydrogens is 284 g/mol. The number of hydrogen-bond donors (Lipinski definition) is 2. The Morgan fingerprint density at radius 1 is 1.18 bits per heavy atom. The maximum absolute atomic E-state index is 11.9. The average Bonchev–Trinajstić information content (AvgIpc) is 2.55. The minimum absolute atomic E-state index is 0.0296. The summed E-state index contributed by atoms with van der Waals surface area (Å²) in [6.07, 6.45) is 3.54. The van der Waals surface area contributed by atoms with Crippen LogP contribution in [0.25, 0.3) is 0 Å². The van der Waals surface area contributed by atoms with Gasteiger partial charge in [-0.1, -0.05) is 0 Å². The molecule has 22 heavy (non-hydrogen) atoms. The topological polar surface area (TPSA) is 88.5 Å². The number of carbonyl (C=O) groups is 2. The summed E-state index contributed by atoms with van der Waals surface area (Å²) < 4.78 is 5.03. The van der Waals surface area contributed by atoms with Gasteiger partial charge in [0.1, 0.15) is 5.75 Å². The maximum Gasteiger partial charge on any atom is 0.341 e. The number of ether oxygens (including phenoxy) is 1. The molecule has 0 amide bonds. The molecular formula is C16H16N2O4. The van der Waals surface area contributed by atoms with Gasteiger partial charge in [0, 0.05) is 36.6 Å². The molecule has 0 atom stereocenters. The van der Waals surface area contributed by atoms with Crippen molar-refractivity contribution in [1.29, 1.82) is 0 Å². The van der Waals surface area contributed by atoms with Crippen LogP contribution in [0.4, 0.5) is 5.69 Å². The fraction of sp³-hybridized carbons (Fsp3) is 0.188. The summed E-state index contributed by atoms with van der Waals surface area (Å²) in [5, 5.41) is 11.6. The van der Waals surface area contributed by atoms with Gasteiger partial charge < -0.3 is 15.2 Å². The van der Waals surface area contributed by atoms with E-state index in [0.29, 0.717) is 24.3 Å². The number of carboxylic acid groups (broad SMARTS) is 1. The Labute approximate surface area is 127 Å². The van der Waals surface area contributed by atoms with Crippen LogP contribution >= 0.6 is 0 Å². The molecule has 0 fully saturated rings. The van der Waals surface area contributed by atoms with E-state index in [2.05, 4.69) is 10.3 Å². The van der Waals surface area contributed by atoms with Gasteiger partial charge in [0.05, 0.1) is 0 Å². The van der Waals surface area contributed by atoms with E-state index in [-0.39, 0.29) is 12.4 Å². The number of ketones is 1. The van der Waals surface area contributed by atoms with Crippen molar-refractivity contribution < 1.29 is 19.4 Å². The van der Waals surface area contributed by atoms with Gasteiger partial charge in [-0.05, 0) is 36.4 Å². The molecule has 0 aliphatic carbocycles. The summed E-state index contributed by atoms with van der Waals surface area (Å²) in [7, 11) is 0. The van der Waals surface area contributed by atoms with Crippen LogP contribution in [0.15, 0.2) is 48.8 Å². The SMILES string of the molecule is O=C(O)COc1ccc(NCCC(=O)c2cccnc2)cc1. The van der Waals surface area contributed by atoms with Crippen LogP contribution in [0.5, 0.6) is 5.75 Å². The number of Topliss-reactive ketones (excluding diaryl/α,β-unsaturated/α-hetero) is 1. The van der Waals surface area contributed by atoms with Gasteiger partial charge in [-0.2, -0.15) is 0 Å². The molecule has 114 valence electrons. The lowest BCUT2D eigenvalue weighted by atomic mass is 10.1. The average molecular weight is 300 g/mol. The number of rotatable bonds is 8. The third kappa shape index (κ3) is 4.90. The largest absolute Gasteiger partial charge is 0.482 e. The van der Waals surface area contributed by atoms with Crippen LogP contribution in [0.1, 0.15) is 16.8 Å². The van der Waals surface area contributed by atoms with Crippen molar-refractivity contribution in [1.82, 2.24) is 4.98 Å². The van der Waals surface area contributed by atoms with Crippen LogP contribution in [0, 0.1) is 0 Å². The third-order valence-electron chi connectivity index (χ3n) is 2.88. The zero-order valence-electron chi connectivity index (χ0n) is 11.9. The molecule has 1 heterocycles. The van der Waals surface area contributed by atoms with Crippen molar-refractivity contribution in [2.24, 2.45) is 0 Å². The summed E-state index contributed by atoms with van der Waals surface area (Å²) >= 11 is 0. The molecule has 2 aromatic rings. The lowest BCUT2D eigenvalue weighted by Crippen LogP contribution is -2.10. The monoisotopic (exact) mass is 300 g/mol. The Kier molecular flexibility index (Phi) is 5.48. The highest BCUT2D eigenvalue weighted by atomic mass is 16.5. The van der Waals surface area contributed by atoms with Crippen molar-refractivity contribution in [3.8, 4) is 5.75 Å². The van der Waals surface area contributed by atoms with Crippen LogP contribution in [-0.2, 0) is 4.79 Å². The molecule has 2 N–H and O–H groups in total. The van der Waals surface area contributed by atoms with E-state index in [9.17, 15) is 9.59 Å². The minimum Gasteiger partial charge on any atom is -0.482 e. The summed E-state index contributed by atoms with van der Waals surface area (Å²) in [6.45, 7) is 0.134.